The van der Waals surface area contributed by atoms with E-state index >= 15 is 0 Å². The second kappa shape index (κ2) is 9.36. The molecule has 168 valence electrons. The lowest BCUT2D eigenvalue weighted by atomic mass is 10.2. The highest BCUT2D eigenvalue weighted by Gasteiger charge is 2.36. The molecule has 0 saturated carbocycles. The SMILES string of the molecule is CN1CCN(c2ccccc2OC2CCN(c3ccc(C(F)(F)F)cc3)C2=O)CC1.Cl. The number of alkyl halides is 3. The molecule has 0 bridgehead atoms. The van der Waals surface area contributed by atoms with E-state index in [0.717, 1.165) is 44.0 Å². The van der Waals surface area contributed by atoms with E-state index in [1.807, 2.05) is 24.3 Å². The van der Waals surface area contributed by atoms with E-state index in [9.17, 15) is 18.0 Å². The maximum absolute atomic E-state index is 12.9. The molecule has 2 heterocycles. The molecular formula is C22H25ClF3N3O2. The number of halogens is 4. The van der Waals surface area contributed by atoms with Gasteiger partial charge in [0.1, 0.15) is 5.75 Å². The second-order valence-corrected chi connectivity index (χ2v) is 7.69. The van der Waals surface area contributed by atoms with Crippen LogP contribution in [0, 0.1) is 0 Å². The van der Waals surface area contributed by atoms with Crippen LogP contribution in [-0.2, 0) is 11.0 Å². The van der Waals surface area contributed by atoms with E-state index in [0.29, 0.717) is 24.4 Å². The lowest BCUT2D eigenvalue weighted by Crippen LogP contribution is -2.44. The number of ether oxygens (including phenoxy) is 1. The third kappa shape index (κ3) is 5.07. The molecule has 2 aliphatic rings. The van der Waals surface area contributed by atoms with E-state index < -0.39 is 17.8 Å². The molecule has 2 aromatic carbocycles. The number of amides is 1. The fourth-order valence-electron chi connectivity index (χ4n) is 3.87. The lowest BCUT2D eigenvalue weighted by Gasteiger charge is -2.35. The van der Waals surface area contributed by atoms with E-state index in [1.165, 1.54) is 17.0 Å². The first-order chi connectivity index (χ1) is 14.3. The Bertz CT molecular complexity index is 900. The Morgan fingerprint density at radius 1 is 0.935 bits per heavy atom. The predicted octanol–water partition coefficient (Wildman–Crippen LogP) is 4.06. The van der Waals surface area contributed by atoms with Crippen LogP contribution in [0.1, 0.15) is 12.0 Å². The van der Waals surface area contributed by atoms with E-state index in [-0.39, 0.29) is 18.3 Å². The number of benzene rings is 2. The molecule has 1 amide bonds. The molecule has 2 aromatic rings. The summed E-state index contributed by atoms with van der Waals surface area (Å²) in [5.74, 6) is 0.428. The molecule has 9 heteroatoms. The van der Waals surface area contributed by atoms with Crippen molar-refractivity contribution in [2.75, 3.05) is 49.6 Å². The van der Waals surface area contributed by atoms with Crippen LogP contribution in [0.25, 0.3) is 0 Å². The summed E-state index contributed by atoms with van der Waals surface area (Å²) in [5.41, 5.74) is 0.685. The molecule has 2 saturated heterocycles. The highest BCUT2D eigenvalue weighted by Crippen LogP contribution is 2.34. The Morgan fingerprint density at radius 2 is 1.58 bits per heavy atom. The summed E-state index contributed by atoms with van der Waals surface area (Å²) in [4.78, 5) is 18.9. The van der Waals surface area contributed by atoms with Gasteiger partial charge in [0.2, 0.25) is 0 Å². The highest BCUT2D eigenvalue weighted by atomic mass is 35.5. The molecule has 0 spiro atoms. The van der Waals surface area contributed by atoms with Gasteiger partial charge in [0.25, 0.3) is 5.91 Å². The first-order valence-electron chi connectivity index (χ1n) is 10.0. The van der Waals surface area contributed by atoms with Crippen molar-refractivity contribution in [1.82, 2.24) is 4.90 Å². The van der Waals surface area contributed by atoms with Gasteiger partial charge in [-0.05, 0) is 43.4 Å². The summed E-state index contributed by atoms with van der Waals surface area (Å²) >= 11 is 0. The third-order valence-corrected chi connectivity index (χ3v) is 5.64. The van der Waals surface area contributed by atoms with Gasteiger partial charge in [-0.3, -0.25) is 4.79 Å². The smallest absolute Gasteiger partial charge is 0.416 e. The third-order valence-electron chi connectivity index (χ3n) is 5.64. The van der Waals surface area contributed by atoms with Crippen LogP contribution in [0.5, 0.6) is 5.75 Å². The zero-order chi connectivity index (χ0) is 21.3. The maximum atomic E-state index is 12.9. The van der Waals surface area contributed by atoms with Gasteiger partial charge in [-0.25, -0.2) is 0 Å². The number of hydrogen-bond acceptors (Lipinski definition) is 4. The summed E-state index contributed by atoms with van der Waals surface area (Å²) in [5, 5.41) is 0. The lowest BCUT2D eigenvalue weighted by molar-refractivity contribution is -0.137. The van der Waals surface area contributed by atoms with Crippen molar-refractivity contribution < 1.29 is 22.7 Å². The summed E-state index contributed by atoms with van der Waals surface area (Å²) in [6.07, 6.45) is -4.57. The van der Waals surface area contributed by atoms with Crippen LogP contribution < -0.4 is 14.5 Å². The largest absolute Gasteiger partial charge is 0.478 e. The average Bonchev–Trinajstić information content (AvgIpc) is 3.09. The molecule has 0 aromatic heterocycles. The van der Waals surface area contributed by atoms with Crippen LogP contribution in [0.4, 0.5) is 24.5 Å². The number of carbonyl (C=O) groups is 1. The van der Waals surface area contributed by atoms with Crippen LogP contribution in [0.3, 0.4) is 0 Å². The van der Waals surface area contributed by atoms with Gasteiger partial charge in [0, 0.05) is 44.8 Å². The van der Waals surface area contributed by atoms with Crippen molar-refractivity contribution >= 4 is 29.7 Å². The Labute approximate surface area is 185 Å². The number of hydrogen-bond donors (Lipinski definition) is 0. The average molecular weight is 456 g/mol. The number of rotatable bonds is 4. The van der Waals surface area contributed by atoms with Crippen molar-refractivity contribution in [3.05, 3.63) is 54.1 Å². The van der Waals surface area contributed by atoms with Gasteiger partial charge in [-0.1, -0.05) is 12.1 Å². The topological polar surface area (TPSA) is 36.0 Å². The minimum Gasteiger partial charge on any atom is -0.478 e. The predicted molar refractivity (Wildman–Crippen MR) is 116 cm³/mol. The van der Waals surface area contributed by atoms with Crippen molar-refractivity contribution in [3.8, 4) is 5.75 Å². The van der Waals surface area contributed by atoms with Crippen molar-refractivity contribution in [2.24, 2.45) is 0 Å². The number of likely N-dealkylation sites (N-methyl/N-ethyl adjacent to an activating group) is 1. The maximum Gasteiger partial charge on any atom is 0.416 e. The van der Waals surface area contributed by atoms with Crippen molar-refractivity contribution in [3.63, 3.8) is 0 Å². The van der Waals surface area contributed by atoms with Gasteiger partial charge >= 0.3 is 6.18 Å². The molecule has 0 N–H and O–H groups in total. The van der Waals surface area contributed by atoms with E-state index in [2.05, 4.69) is 16.8 Å². The number of piperazine rings is 1. The Morgan fingerprint density at radius 3 is 2.23 bits per heavy atom. The van der Waals surface area contributed by atoms with Gasteiger partial charge in [-0.15, -0.1) is 12.4 Å². The van der Waals surface area contributed by atoms with Crippen LogP contribution >= 0.6 is 12.4 Å². The van der Waals surface area contributed by atoms with Crippen LogP contribution in [-0.4, -0.2) is 56.7 Å². The molecule has 31 heavy (non-hydrogen) atoms. The van der Waals surface area contributed by atoms with Gasteiger partial charge in [-0.2, -0.15) is 13.2 Å². The van der Waals surface area contributed by atoms with Gasteiger partial charge in [0.15, 0.2) is 6.10 Å². The molecule has 0 radical (unpaired) electrons. The first-order valence-corrected chi connectivity index (χ1v) is 10.0. The Balaban J connectivity index is 0.00000272. The van der Waals surface area contributed by atoms with Gasteiger partial charge in [0.05, 0.1) is 11.3 Å². The molecule has 2 aliphatic heterocycles. The standard InChI is InChI=1S/C22H24F3N3O2.ClH/c1-26-12-14-27(15-13-26)18-4-2-3-5-19(18)30-20-10-11-28(21(20)29)17-8-6-16(7-9-17)22(23,24)25;/h2-9,20H,10-15H2,1H3;1H. The number of carbonyl (C=O) groups excluding carboxylic acids is 1. The Hall–Kier alpha value is -2.45. The van der Waals surface area contributed by atoms with Crippen LogP contribution in [0.2, 0.25) is 0 Å². The van der Waals surface area contributed by atoms with E-state index in [4.69, 9.17) is 4.74 Å². The summed E-state index contributed by atoms with van der Waals surface area (Å²) in [6, 6.07) is 12.4. The summed E-state index contributed by atoms with van der Waals surface area (Å²) in [7, 11) is 2.09. The minimum atomic E-state index is -4.40. The van der Waals surface area contributed by atoms with Crippen molar-refractivity contribution in [2.45, 2.75) is 18.7 Å². The molecular weight excluding hydrogens is 431 g/mol. The minimum absolute atomic E-state index is 0. The monoisotopic (exact) mass is 455 g/mol. The zero-order valence-corrected chi connectivity index (χ0v) is 18.0. The first kappa shape index (κ1) is 23.2. The normalized spacial score (nSPS) is 20.0. The zero-order valence-electron chi connectivity index (χ0n) is 17.1. The quantitative estimate of drug-likeness (QED) is 0.696. The molecule has 2 fully saturated rings. The number of anilines is 2. The second-order valence-electron chi connectivity index (χ2n) is 7.69. The molecule has 1 atom stereocenters. The Kier molecular flexibility index (Phi) is 7.01. The molecule has 5 nitrogen and oxygen atoms in total. The van der Waals surface area contributed by atoms with Crippen LogP contribution in [0.15, 0.2) is 48.5 Å². The van der Waals surface area contributed by atoms with Gasteiger partial charge < -0.3 is 19.4 Å². The summed E-state index contributed by atoms with van der Waals surface area (Å²) in [6.45, 7) is 4.09. The summed E-state index contributed by atoms with van der Waals surface area (Å²) < 4.78 is 44.5. The highest BCUT2D eigenvalue weighted by molar-refractivity contribution is 5.99. The fraction of sp³-hybridized carbons (Fsp3) is 0.409. The van der Waals surface area contributed by atoms with E-state index in [1.54, 1.807) is 0 Å². The molecule has 0 aliphatic carbocycles. The number of nitrogens with zero attached hydrogens (tertiary/aromatic N) is 3. The number of para-hydroxylation sites is 2. The fourth-order valence-corrected chi connectivity index (χ4v) is 3.87. The van der Waals surface area contributed by atoms with Crippen molar-refractivity contribution in [1.29, 1.82) is 0 Å². The molecule has 1 unspecified atom stereocenters. The molecule has 4 rings (SSSR count).